The maximum Gasteiger partial charge on any atom is 0.340 e. The van der Waals surface area contributed by atoms with Crippen LogP contribution in [0.3, 0.4) is 0 Å². The number of carbonyl (C=O) groups is 3. The quantitative estimate of drug-likeness (QED) is 0.290. The maximum absolute atomic E-state index is 13.5. The number of ether oxygens (including phenoxy) is 2. The number of halogens is 1. The molecule has 0 aliphatic carbocycles. The fourth-order valence-corrected chi connectivity index (χ4v) is 8.10. The highest BCUT2D eigenvalue weighted by Crippen LogP contribution is 2.47. The Morgan fingerprint density at radius 3 is 2.56 bits per heavy atom. The van der Waals surface area contributed by atoms with E-state index in [1.54, 1.807) is 6.07 Å². The van der Waals surface area contributed by atoms with Gasteiger partial charge in [0.25, 0.3) is 14.2 Å². The van der Waals surface area contributed by atoms with E-state index in [-0.39, 0.29) is 29.6 Å². The number of aromatic nitrogens is 2. The monoisotopic (exact) mass is 671 g/mol. The number of nitrogens with one attached hydrogen (secondary N) is 2. The molecule has 1 aromatic carbocycles. The Bertz CT molecular complexity index is 1290. The Morgan fingerprint density at radius 2 is 1.95 bits per heavy atom. The molecule has 2 aromatic rings. The third kappa shape index (κ3) is 7.61. The van der Waals surface area contributed by atoms with Crippen LogP contribution in [0, 0.1) is 5.92 Å². The van der Waals surface area contributed by atoms with E-state index in [1.165, 1.54) is 18.9 Å². The van der Waals surface area contributed by atoms with Gasteiger partial charge in [-0.3, -0.25) is 9.59 Å². The van der Waals surface area contributed by atoms with Gasteiger partial charge in [0.1, 0.15) is 17.5 Å². The number of amides is 2. The molecule has 0 saturated carbocycles. The van der Waals surface area contributed by atoms with Crippen LogP contribution in [0.4, 0.5) is 0 Å². The Labute approximate surface area is 253 Å². The van der Waals surface area contributed by atoms with Crippen molar-refractivity contribution < 1.29 is 32.8 Å². The summed E-state index contributed by atoms with van der Waals surface area (Å²) in [6.07, 6.45) is 0. The molecule has 4 N–H and O–H groups in total. The predicted octanol–water partition coefficient (Wildman–Crippen LogP) is 3.70. The lowest BCUT2D eigenvalue weighted by Gasteiger charge is -2.43. The topological polar surface area (TPSA) is 168 Å². The van der Waals surface area contributed by atoms with Crippen LogP contribution in [0.25, 0.3) is 0 Å². The summed E-state index contributed by atoms with van der Waals surface area (Å²) in [5, 5.41) is 8.98. The molecule has 0 spiro atoms. The number of cyclic esters (lactones) is 1. The smallest absolute Gasteiger partial charge is 0.340 e. The molecule has 1 atom stereocenters. The van der Waals surface area contributed by atoms with Gasteiger partial charge in [-0.25, -0.2) is 4.79 Å². The average Bonchev–Trinajstić information content (AvgIpc) is 3.40. The van der Waals surface area contributed by atoms with Gasteiger partial charge in [-0.05, 0) is 40.0 Å². The number of hydrogen-bond donors (Lipinski definition) is 3. The predicted molar refractivity (Wildman–Crippen MR) is 160 cm³/mol. The lowest BCUT2D eigenvalue weighted by atomic mass is 9.99. The zero-order valence-electron chi connectivity index (χ0n) is 24.4. The van der Waals surface area contributed by atoms with Gasteiger partial charge < -0.3 is 34.8 Å². The van der Waals surface area contributed by atoms with Gasteiger partial charge >= 0.3 is 5.97 Å². The number of nitrogens with zero attached hydrogens (tertiary/aromatic N) is 2. The van der Waals surface area contributed by atoms with Gasteiger partial charge in [0, 0.05) is 23.1 Å². The Morgan fingerprint density at radius 1 is 1.24 bits per heavy atom. The summed E-state index contributed by atoms with van der Waals surface area (Å²) >= 11 is 4.94. The largest absolute Gasteiger partial charge is 0.543 e. The first-order valence-corrected chi connectivity index (χ1v) is 18.0. The minimum Gasteiger partial charge on any atom is -0.543 e. The molecule has 226 valence electrons. The highest BCUT2D eigenvalue weighted by atomic mass is 79.9. The third-order valence-electron chi connectivity index (χ3n) is 7.69. The van der Waals surface area contributed by atoms with Crippen LogP contribution in [0.5, 0.6) is 11.5 Å². The Balaban J connectivity index is 2.10. The summed E-state index contributed by atoms with van der Waals surface area (Å²) in [5.74, 6) is 0.480. The second-order valence-corrected chi connectivity index (χ2v) is 17.3. The van der Waals surface area contributed by atoms with Gasteiger partial charge in [0.2, 0.25) is 11.8 Å². The van der Waals surface area contributed by atoms with Gasteiger partial charge in [-0.15, -0.1) is 0 Å². The number of fused-ring (bicyclic) bond motifs is 1. The molecule has 0 bridgehead atoms. The number of methoxy groups -OCH3 is 1. The molecule has 12 nitrogen and oxygen atoms in total. The van der Waals surface area contributed by atoms with Crippen molar-refractivity contribution in [2.45, 2.75) is 64.2 Å². The van der Waals surface area contributed by atoms with Gasteiger partial charge in [0.15, 0.2) is 12.4 Å². The highest BCUT2D eigenvalue weighted by Gasteiger charge is 2.45. The van der Waals surface area contributed by atoms with E-state index in [9.17, 15) is 14.4 Å². The van der Waals surface area contributed by atoms with E-state index < -0.39 is 38.7 Å². The fraction of sp³-hybridized carbons (Fsp3) is 0.577. The second kappa shape index (κ2) is 13.6. The summed E-state index contributed by atoms with van der Waals surface area (Å²) in [7, 11) is -0.939. The normalized spacial score (nSPS) is 17.7. The van der Waals surface area contributed by atoms with Crippen LogP contribution in [-0.2, 0) is 26.6 Å². The number of nitrogens with two attached hydrogens (primary N) is 1. The molecule has 1 aromatic heterocycles. The molecule has 0 radical (unpaired) electrons. The average molecular weight is 673 g/mol. The van der Waals surface area contributed by atoms with Crippen molar-refractivity contribution in [3.8, 4) is 11.5 Å². The van der Waals surface area contributed by atoms with Crippen LogP contribution in [0.1, 0.15) is 61.4 Å². The lowest BCUT2D eigenvalue weighted by Crippen LogP contribution is -2.48. The molecule has 2 amide bonds. The molecule has 0 unspecified atom stereocenters. The number of esters is 1. The van der Waals surface area contributed by atoms with E-state index in [1.807, 2.05) is 0 Å². The van der Waals surface area contributed by atoms with Crippen LogP contribution < -0.4 is 25.5 Å². The number of carbonyl (C=O) groups excluding carboxylic acids is 3. The van der Waals surface area contributed by atoms with E-state index in [4.69, 9.17) is 24.2 Å². The van der Waals surface area contributed by atoms with Gasteiger partial charge in [-0.2, -0.15) is 16.7 Å². The van der Waals surface area contributed by atoms with Crippen molar-refractivity contribution >= 4 is 53.8 Å². The van der Waals surface area contributed by atoms with E-state index in [2.05, 4.69) is 77.5 Å². The first-order chi connectivity index (χ1) is 19.2. The zero-order valence-corrected chi connectivity index (χ0v) is 27.8. The molecule has 0 fully saturated rings. The molecule has 2 heterocycles. The van der Waals surface area contributed by atoms with Crippen molar-refractivity contribution in [2.75, 3.05) is 26.0 Å². The third-order valence-corrected chi connectivity index (χ3v) is 14.0. The number of benzene rings is 1. The van der Waals surface area contributed by atoms with Crippen molar-refractivity contribution in [3.05, 3.63) is 33.4 Å². The lowest BCUT2D eigenvalue weighted by molar-refractivity contribution is -0.128. The standard InChI is InChI=1S/C26H38BrN5O7SSi/c1-14(2)26(3,4)41(6,7)39-17-8-18(36-5)23(27)22-15(17)12-40-13-16(24-31-19(9-28)32-38-24)30-20(33)10-29-21(34)11-37-25(22)35/h8,14,16H,9-13,28H2,1-7H3,(H,29,34)(H,30,33)/t16-/m0/s1. The van der Waals surface area contributed by atoms with E-state index >= 15 is 0 Å². The summed E-state index contributed by atoms with van der Waals surface area (Å²) in [6, 6.07) is 1.09. The first-order valence-electron chi connectivity index (χ1n) is 13.1. The number of rotatable bonds is 7. The van der Waals surface area contributed by atoms with Gasteiger partial charge in [0.05, 0.1) is 30.2 Å². The van der Waals surface area contributed by atoms with Crippen LogP contribution in [0.15, 0.2) is 15.1 Å². The minimum absolute atomic E-state index is 0.0752. The molecule has 0 saturated heterocycles. The Kier molecular flexibility index (Phi) is 10.9. The number of hydrogen-bond acceptors (Lipinski definition) is 11. The zero-order chi connectivity index (χ0) is 30.5. The van der Waals surface area contributed by atoms with Crippen molar-refractivity contribution in [1.82, 2.24) is 20.8 Å². The summed E-state index contributed by atoms with van der Waals surface area (Å²) in [4.78, 5) is 42.7. The van der Waals surface area contributed by atoms with Crippen LogP contribution in [0.2, 0.25) is 18.1 Å². The second-order valence-electron chi connectivity index (χ2n) is 11.0. The van der Waals surface area contributed by atoms with Crippen LogP contribution in [-0.4, -0.2) is 62.3 Å². The van der Waals surface area contributed by atoms with E-state index in [0.717, 1.165) is 0 Å². The maximum atomic E-state index is 13.5. The first kappa shape index (κ1) is 32.9. The molecule has 3 rings (SSSR count). The van der Waals surface area contributed by atoms with Crippen LogP contribution >= 0.6 is 27.7 Å². The van der Waals surface area contributed by atoms with Crippen molar-refractivity contribution in [3.63, 3.8) is 0 Å². The summed E-state index contributed by atoms with van der Waals surface area (Å²) in [5.41, 5.74) is 6.41. The van der Waals surface area contributed by atoms with Crippen molar-refractivity contribution in [2.24, 2.45) is 11.7 Å². The van der Waals surface area contributed by atoms with Gasteiger partial charge in [-0.1, -0.05) is 32.9 Å². The molecule has 1 aliphatic rings. The summed E-state index contributed by atoms with van der Waals surface area (Å²) < 4.78 is 23.5. The summed E-state index contributed by atoms with van der Waals surface area (Å²) in [6.45, 7) is 12.2. The SMILES string of the molecule is COc1cc(O[Si](C)(C)C(C)(C)C(C)C)c2c(c1Br)C(=O)OCC(=O)NCC(=O)N[C@H](c1nc(CN)no1)CSC2. The molecular weight excluding hydrogens is 634 g/mol. The highest BCUT2D eigenvalue weighted by molar-refractivity contribution is 9.10. The fourth-order valence-electron chi connectivity index (χ4n) is 3.97. The molecule has 15 heteroatoms. The Hall–Kier alpha value is -2.62. The van der Waals surface area contributed by atoms with E-state index in [0.29, 0.717) is 44.8 Å². The molecule has 41 heavy (non-hydrogen) atoms. The molecular formula is C26H38BrN5O7SSi. The van der Waals surface area contributed by atoms with Crippen molar-refractivity contribution in [1.29, 1.82) is 0 Å². The minimum atomic E-state index is -2.44. The molecule has 1 aliphatic heterocycles. The number of thioether (sulfide) groups is 1.